The Morgan fingerprint density at radius 1 is 1.60 bits per heavy atom. The number of carbonyl (C=O) groups is 1. The summed E-state index contributed by atoms with van der Waals surface area (Å²) in [6.07, 6.45) is -0.386. The minimum Gasteiger partial charge on any atom is -0.385 e. The largest absolute Gasteiger partial charge is 0.385 e. The second-order valence-corrected chi connectivity index (χ2v) is 4.17. The van der Waals surface area contributed by atoms with Crippen molar-refractivity contribution in [1.29, 1.82) is 0 Å². The lowest BCUT2D eigenvalue weighted by Crippen LogP contribution is -2.21. The fourth-order valence-electron chi connectivity index (χ4n) is 1.20. The number of rotatable bonds is 4. The van der Waals surface area contributed by atoms with Crippen LogP contribution in [0.25, 0.3) is 0 Å². The Labute approximate surface area is 96.2 Å². The molecule has 0 aliphatic carbocycles. The van der Waals surface area contributed by atoms with Gasteiger partial charge in [-0.3, -0.25) is 4.79 Å². The molecule has 82 valence electrons. The van der Waals surface area contributed by atoms with Gasteiger partial charge in [0.05, 0.1) is 4.47 Å². The van der Waals surface area contributed by atoms with Crippen molar-refractivity contribution < 1.29 is 14.3 Å². The highest BCUT2D eigenvalue weighted by Crippen LogP contribution is 2.17. The van der Waals surface area contributed by atoms with E-state index in [0.717, 1.165) is 0 Å². The zero-order chi connectivity index (χ0) is 11.4. The Kier molecular flexibility index (Phi) is 4.42. The standard InChI is InChI=1S/C11H12BrFO2/c1-2-10(14)11(15)6-7-3-4-9(13)8(12)5-7/h3-5,10,14H,2,6H2,1H3. The molecule has 0 saturated heterocycles. The van der Waals surface area contributed by atoms with Crippen molar-refractivity contribution in [2.24, 2.45) is 0 Å². The molecule has 15 heavy (non-hydrogen) atoms. The molecule has 0 aliphatic rings. The van der Waals surface area contributed by atoms with Gasteiger partial charge >= 0.3 is 0 Å². The van der Waals surface area contributed by atoms with E-state index < -0.39 is 6.10 Å². The van der Waals surface area contributed by atoms with Crippen LogP contribution in [0, 0.1) is 5.82 Å². The van der Waals surface area contributed by atoms with Crippen molar-refractivity contribution in [1.82, 2.24) is 0 Å². The van der Waals surface area contributed by atoms with Crippen LogP contribution in [0.15, 0.2) is 22.7 Å². The third kappa shape index (κ3) is 3.39. The average molecular weight is 275 g/mol. The molecule has 0 radical (unpaired) electrons. The molecule has 1 N–H and O–H groups in total. The molecule has 0 heterocycles. The maximum Gasteiger partial charge on any atom is 0.165 e. The maximum absolute atomic E-state index is 12.9. The van der Waals surface area contributed by atoms with Crippen LogP contribution in [0.1, 0.15) is 18.9 Å². The van der Waals surface area contributed by atoms with Crippen LogP contribution in [0.4, 0.5) is 4.39 Å². The summed E-state index contributed by atoms with van der Waals surface area (Å²) >= 11 is 3.04. The lowest BCUT2D eigenvalue weighted by Gasteiger charge is -2.06. The normalized spacial score (nSPS) is 12.5. The van der Waals surface area contributed by atoms with Gasteiger partial charge in [-0.15, -0.1) is 0 Å². The van der Waals surface area contributed by atoms with Crippen molar-refractivity contribution in [2.45, 2.75) is 25.9 Å². The molecule has 0 saturated carbocycles. The molecule has 1 unspecified atom stereocenters. The fraction of sp³-hybridized carbons (Fsp3) is 0.364. The van der Waals surface area contributed by atoms with Gasteiger partial charge in [-0.2, -0.15) is 0 Å². The first kappa shape index (κ1) is 12.3. The van der Waals surface area contributed by atoms with E-state index in [0.29, 0.717) is 16.5 Å². The van der Waals surface area contributed by atoms with Crippen molar-refractivity contribution >= 4 is 21.7 Å². The predicted molar refractivity (Wildman–Crippen MR) is 59.1 cm³/mol. The van der Waals surface area contributed by atoms with Crippen LogP contribution in [0.2, 0.25) is 0 Å². The molecule has 0 fully saturated rings. The quantitative estimate of drug-likeness (QED) is 0.916. The molecule has 2 nitrogen and oxygen atoms in total. The molecule has 4 heteroatoms. The SMILES string of the molecule is CCC(O)C(=O)Cc1ccc(F)c(Br)c1. The highest BCUT2D eigenvalue weighted by Gasteiger charge is 2.13. The van der Waals surface area contributed by atoms with Gasteiger partial charge in [-0.05, 0) is 40.0 Å². The van der Waals surface area contributed by atoms with Gasteiger partial charge in [0.15, 0.2) is 5.78 Å². The van der Waals surface area contributed by atoms with Crippen LogP contribution < -0.4 is 0 Å². The maximum atomic E-state index is 12.9. The van der Waals surface area contributed by atoms with Gasteiger partial charge in [-0.25, -0.2) is 4.39 Å². The highest BCUT2D eigenvalue weighted by atomic mass is 79.9. The van der Waals surface area contributed by atoms with E-state index in [1.54, 1.807) is 19.1 Å². The first-order valence-electron chi connectivity index (χ1n) is 4.69. The van der Waals surface area contributed by atoms with E-state index in [1.165, 1.54) is 6.07 Å². The Hall–Kier alpha value is -0.740. The van der Waals surface area contributed by atoms with Crippen LogP contribution in [-0.2, 0) is 11.2 Å². The lowest BCUT2D eigenvalue weighted by molar-refractivity contribution is -0.126. The monoisotopic (exact) mass is 274 g/mol. The second-order valence-electron chi connectivity index (χ2n) is 3.32. The third-order valence-electron chi connectivity index (χ3n) is 2.12. The zero-order valence-corrected chi connectivity index (χ0v) is 9.92. The summed E-state index contributed by atoms with van der Waals surface area (Å²) in [5.41, 5.74) is 0.695. The van der Waals surface area contributed by atoms with Crippen LogP contribution >= 0.6 is 15.9 Å². The van der Waals surface area contributed by atoms with Crippen LogP contribution in [0.5, 0.6) is 0 Å². The predicted octanol–water partition coefficient (Wildman–Crippen LogP) is 2.47. The molecule has 0 aliphatic heterocycles. The van der Waals surface area contributed by atoms with Gasteiger partial charge in [0.25, 0.3) is 0 Å². The summed E-state index contributed by atoms with van der Waals surface area (Å²) in [7, 11) is 0. The number of aliphatic hydroxyl groups is 1. The van der Waals surface area contributed by atoms with E-state index >= 15 is 0 Å². The average Bonchev–Trinajstić information content (AvgIpc) is 2.22. The van der Waals surface area contributed by atoms with E-state index in [4.69, 9.17) is 0 Å². The summed E-state index contributed by atoms with van der Waals surface area (Å²) in [5, 5.41) is 9.28. The Bertz CT molecular complexity index is 366. The van der Waals surface area contributed by atoms with Gasteiger partial charge in [-0.1, -0.05) is 13.0 Å². The smallest absolute Gasteiger partial charge is 0.165 e. The van der Waals surface area contributed by atoms with Crippen molar-refractivity contribution in [3.05, 3.63) is 34.1 Å². The molecular weight excluding hydrogens is 263 g/mol. The van der Waals surface area contributed by atoms with Gasteiger partial charge < -0.3 is 5.11 Å². The fourth-order valence-corrected chi connectivity index (χ4v) is 1.62. The molecule has 1 aromatic carbocycles. The van der Waals surface area contributed by atoms with Crippen LogP contribution in [0.3, 0.4) is 0 Å². The molecular formula is C11H12BrFO2. The van der Waals surface area contributed by atoms with Gasteiger partial charge in [0.1, 0.15) is 11.9 Å². The Morgan fingerprint density at radius 2 is 2.27 bits per heavy atom. The number of hydrogen-bond acceptors (Lipinski definition) is 2. The number of halogens is 2. The van der Waals surface area contributed by atoms with Crippen molar-refractivity contribution in [3.8, 4) is 0 Å². The van der Waals surface area contributed by atoms with Crippen LogP contribution in [-0.4, -0.2) is 17.0 Å². The first-order valence-corrected chi connectivity index (χ1v) is 5.48. The molecule has 0 bridgehead atoms. The summed E-state index contributed by atoms with van der Waals surface area (Å²) in [6.45, 7) is 1.74. The molecule has 0 aromatic heterocycles. The first-order chi connectivity index (χ1) is 7.04. The molecule has 0 spiro atoms. The number of Topliss-reactive ketones (excluding diaryl/α,β-unsaturated/α-hetero) is 1. The lowest BCUT2D eigenvalue weighted by atomic mass is 10.0. The number of ketones is 1. The zero-order valence-electron chi connectivity index (χ0n) is 8.34. The summed E-state index contributed by atoms with van der Waals surface area (Å²) in [5.74, 6) is -0.599. The van der Waals surface area contributed by atoms with E-state index in [2.05, 4.69) is 15.9 Å². The number of aliphatic hydroxyl groups excluding tert-OH is 1. The Morgan fingerprint density at radius 3 is 2.80 bits per heavy atom. The summed E-state index contributed by atoms with van der Waals surface area (Å²) < 4.78 is 13.2. The molecule has 1 rings (SSSR count). The minimum absolute atomic E-state index is 0.133. The van der Waals surface area contributed by atoms with Gasteiger partial charge in [0, 0.05) is 6.42 Å². The number of benzene rings is 1. The second kappa shape index (κ2) is 5.37. The Balaban J connectivity index is 2.73. The highest BCUT2D eigenvalue weighted by molar-refractivity contribution is 9.10. The summed E-state index contributed by atoms with van der Waals surface area (Å²) in [4.78, 5) is 11.4. The summed E-state index contributed by atoms with van der Waals surface area (Å²) in [6, 6.07) is 4.39. The van der Waals surface area contributed by atoms with E-state index in [9.17, 15) is 14.3 Å². The van der Waals surface area contributed by atoms with Crippen molar-refractivity contribution in [2.75, 3.05) is 0 Å². The van der Waals surface area contributed by atoms with E-state index in [-0.39, 0.29) is 18.0 Å². The molecule has 1 aromatic rings. The third-order valence-corrected chi connectivity index (χ3v) is 2.73. The van der Waals surface area contributed by atoms with Crippen molar-refractivity contribution in [3.63, 3.8) is 0 Å². The van der Waals surface area contributed by atoms with Gasteiger partial charge in [0.2, 0.25) is 0 Å². The van der Waals surface area contributed by atoms with E-state index in [1.807, 2.05) is 0 Å². The molecule has 1 atom stereocenters. The number of hydrogen-bond donors (Lipinski definition) is 1. The molecule has 0 amide bonds. The minimum atomic E-state index is -0.922. The number of carbonyl (C=O) groups excluding carboxylic acids is 1. The topological polar surface area (TPSA) is 37.3 Å².